The Hall–Kier alpha value is -2.18. The van der Waals surface area contributed by atoms with Gasteiger partial charge in [0.2, 0.25) is 5.91 Å². The number of nitrogens with one attached hydrogen (secondary N) is 1. The summed E-state index contributed by atoms with van der Waals surface area (Å²) < 4.78 is 5.49. The summed E-state index contributed by atoms with van der Waals surface area (Å²) in [5.41, 5.74) is 0. The molecule has 6 heteroatoms. The summed E-state index contributed by atoms with van der Waals surface area (Å²) in [6, 6.07) is -0.635. The molecule has 0 aliphatic carbocycles. The number of rotatable bonds is 69. The fourth-order valence-corrected chi connectivity index (χ4v) is 11.4. The lowest BCUT2D eigenvalue weighted by atomic mass is 10.0. The van der Waals surface area contributed by atoms with Crippen LogP contribution in [0.1, 0.15) is 399 Å². The Morgan fingerprint density at radius 3 is 0.939 bits per heavy atom. The molecule has 0 aromatic carbocycles. The Labute approximate surface area is 512 Å². The number of carbonyl (C=O) groups is 2. The molecule has 1 amide bonds. The van der Waals surface area contributed by atoms with E-state index in [-0.39, 0.29) is 18.5 Å². The lowest BCUT2D eigenvalue weighted by molar-refractivity contribution is -0.143. The van der Waals surface area contributed by atoms with Gasteiger partial charge in [0.15, 0.2) is 0 Å². The molecule has 0 aliphatic heterocycles. The molecule has 82 heavy (non-hydrogen) atoms. The van der Waals surface area contributed by atoms with E-state index in [0.717, 1.165) is 51.4 Å². The Balaban J connectivity index is 3.46. The van der Waals surface area contributed by atoms with Gasteiger partial charge < -0.3 is 20.3 Å². The van der Waals surface area contributed by atoms with Gasteiger partial charge in [0.25, 0.3) is 0 Å². The molecule has 0 fully saturated rings. The van der Waals surface area contributed by atoms with E-state index in [1.165, 1.54) is 321 Å². The van der Waals surface area contributed by atoms with Gasteiger partial charge in [-0.3, -0.25) is 9.59 Å². The first-order chi connectivity index (χ1) is 40.5. The molecular weight excluding hydrogens is 1010 g/mol. The summed E-state index contributed by atoms with van der Waals surface area (Å²) >= 11 is 0. The van der Waals surface area contributed by atoms with Crippen LogP contribution in [-0.2, 0) is 14.3 Å². The van der Waals surface area contributed by atoms with E-state index >= 15 is 0 Å². The van der Waals surface area contributed by atoms with E-state index in [1.807, 2.05) is 6.08 Å². The van der Waals surface area contributed by atoms with Gasteiger partial charge >= 0.3 is 5.97 Å². The fraction of sp³-hybridized carbons (Fsp3) is 0.868. The molecule has 0 rings (SSSR count). The summed E-state index contributed by atoms with van der Waals surface area (Å²) in [7, 11) is 0. The highest BCUT2D eigenvalue weighted by Crippen LogP contribution is 2.18. The van der Waals surface area contributed by atoms with Crippen molar-refractivity contribution in [2.24, 2.45) is 0 Å². The third kappa shape index (κ3) is 67.0. The highest BCUT2D eigenvalue weighted by molar-refractivity contribution is 5.76. The largest absolute Gasteiger partial charge is 0.466 e. The van der Waals surface area contributed by atoms with Crippen molar-refractivity contribution in [2.75, 3.05) is 13.2 Å². The van der Waals surface area contributed by atoms with Crippen LogP contribution >= 0.6 is 0 Å². The molecule has 2 unspecified atom stereocenters. The molecule has 0 aromatic rings. The highest BCUT2D eigenvalue weighted by atomic mass is 16.5. The van der Waals surface area contributed by atoms with E-state index in [4.69, 9.17) is 4.74 Å². The molecular formula is C76H143NO5. The van der Waals surface area contributed by atoms with Gasteiger partial charge in [-0.15, -0.1) is 0 Å². The summed E-state index contributed by atoms with van der Waals surface area (Å²) in [5.74, 6) is -0.0690. The van der Waals surface area contributed by atoms with Crippen LogP contribution in [0.25, 0.3) is 0 Å². The molecule has 0 bridgehead atoms. The van der Waals surface area contributed by atoms with Crippen LogP contribution < -0.4 is 5.32 Å². The average molecular weight is 1150 g/mol. The van der Waals surface area contributed by atoms with Gasteiger partial charge in [0.05, 0.1) is 25.4 Å². The molecule has 0 saturated carbocycles. The molecule has 6 nitrogen and oxygen atoms in total. The van der Waals surface area contributed by atoms with E-state index in [1.54, 1.807) is 6.08 Å². The van der Waals surface area contributed by atoms with Gasteiger partial charge in [-0.05, 0) is 89.9 Å². The van der Waals surface area contributed by atoms with Gasteiger partial charge in [0, 0.05) is 12.8 Å². The lowest BCUT2D eigenvalue weighted by Crippen LogP contribution is -2.45. The third-order valence-corrected chi connectivity index (χ3v) is 17.1. The second kappa shape index (κ2) is 71.3. The average Bonchev–Trinajstić information content (AvgIpc) is 3.48. The summed E-state index contributed by atoms with van der Waals surface area (Å²) in [6.07, 6.45) is 93.4. The van der Waals surface area contributed by atoms with Crippen LogP contribution in [0.2, 0.25) is 0 Å². The Morgan fingerprint density at radius 1 is 0.341 bits per heavy atom. The Morgan fingerprint density at radius 2 is 0.610 bits per heavy atom. The van der Waals surface area contributed by atoms with Gasteiger partial charge in [0.1, 0.15) is 0 Å². The number of allylic oxidation sites excluding steroid dienone is 7. The van der Waals surface area contributed by atoms with E-state index in [9.17, 15) is 19.8 Å². The predicted molar refractivity (Wildman–Crippen MR) is 361 cm³/mol. The first-order valence-electron chi connectivity index (χ1n) is 36.9. The first kappa shape index (κ1) is 79.8. The quantitative estimate of drug-likeness (QED) is 0.0320. The van der Waals surface area contributed by atoms with E-state index in [2.05, 4.69) is 55.6 Å². The zero-order valence-corrected chi connectivity index (χ0v) is 55.2. The van der Waals surface area contributed by atoms with Crippen LogP contribution in [-0.4, -0.2) is 47.4 Å². The molecule has 0 heterocycles. The molecule has 482 valence electrons. The zero-order chi connectivity index (χ0) is 59.2. The molecule has 0 aromatic heterocycles. The molecule has 2 atom stereocenters. The van der Waals surface area contributed by atoms with E-state index in [0.29, 0.717) is 19.4 Å². The summed E-state index contributed by atoms with van der Waals surface area (Å²) in [6.45, 7) is 4.93. The van der Waals surface area contributed by atoms with Crippen molar-refractivity contribution in [2.45, 2.75) is 411 Å². The van der Waals surface area contributed by atoms with Crippen molar-refractivity contribution in [3.63, 3.8) is 0 Å². The van der Waals surface area contributed by atoms with Crippen LogP contribution in [0.5, 0.6) is 0 Å². The van der Waals surface area contributed by atoms with Crippen molar-refractivity contribution in [1.82, 2.24) is 5.32 Å². The van der Waals surface area contributed by atoms with Crippen molar-refractivity contribution < 1.29 is 24.5 Å². The summed E-state index contributed by atoms with van der Waals surface area (Å²) in [4.78, 5) is 24.6. The topological polar surface area (TPSA) is 95.9 Å². The van der Waals surface area contributed by atoms with Crippen molar-refractivity contribution in [1.29, 1.82) is 0 Å². The van der Waals surface area contributed by atoms with Crippen molar-refractivity contribution in [3.8, 4) is 0 Å². The third-order valence-electron chi connectivity index (χ3n) is 17.1. The maximum absolute atomic E-state index is 12.5. The second-order valence-electron chi connectivity index (χ2n) is 25.3. The number of amides is 1. The number of hydrogen-bond acceptors (Lipinski definition) is 5. The molecule has 0 spiro atoms. The van der Waals surface area contributed by atoms with E-state index < -0.39 is 12.1 Å². The van der Waals surface area contributed by atoms with Gasteiger partial charge in [-0.1, -0.05) is 345 Å². The number of esters is 1. The monoisotopic (exact) mass is 1150 g/mol. The normalized spacial score (nSPS) is 12.8. The van der Waals surface area contributed by atoms with Gasteiger partial charge in [-0.25, -0.2) is 0 Å². The molecule has 0 saturated heterocycles. The minimum atomic E-state index is -0.851. The fourth-order valence-electron chi connectivity index (χ4n) is 11.4. The van der Waals surface area contributed by atoms with Crippen LogP contribution in [0, 0.1) is 0 Å². The second-order valence-corrected chi connectivity index (χ2v) is 25.3. The predicted octanol–water partition coefficient (Wildman–Crippen LogP) is 24.0. The number of aliphatic hydroxyl groups is 2. The van der Waals surface area contributed by atoms with Crippen LogP contribution in [0.15, 0.2) is 48.6 Å². The van der Waals surface area contributed by atoms with Gasteiger partial charge in [-0.2, -0.15) is 0 Å². The number of hydrogen-bond donors (Lipinski definition) is 3. The number of carbonyl (C=O) groups excluding carboxylic acids is 2. The SMILES string of the molecule is CCCCCCCCC/C=C\CCCCCCCC(=O)OCCCCCCCCCCC/C=C\C/C=C\CCCCCCCCCCCC(=O)NC(CO)C(O)/C=C/CCCCCCCCCCCCCCCCCCCCCCCC. The minimum absolute atomic E-state index is 0.00157. The smallest absolute Gasteiger partial charge is 0.305 e. The molecule has 3 N–H and O–H groups in total. The maximum atomic E-state index is 12.5. The number of unbranched alkanes of at least 4 members (excludes halogenated alkanes) is 52. The molecule has 0 aliphatic rings. The maximum Gasteiger partial charge on any atom is 0.305 e. The Kier molecular flexibility index (Phi) is 69.4. The Bertz CT molecular complexity index is 1370. The summed E-state index contributed by atoms with van der Waals surface area (Å²) in [5, 5.41) is 23.3. The standard InChI is InChI=1S/C76H143NO5/c1-3-5-7-9-11-13-15-17-19-21-22-23-24-28-31-34-37-40-44-48-52-56-60-64-68-74(79)73(72-78)77-75(80)69-65-61-57-53-49-45-41-38-35-32-29-26-25-27-30-33-36-39-43-47-51-55-59-63-67-71-82-76(81)70-66-62-58-54-50-46-42-20-18-16-14-12-10-8-6-4-2/h20,26-27,29-30,42,64,68,73-74,78-79H,3-19,21-25,28,31-41,43-63,65-67,69-72H2,1-2H3,(H,77,80)/b29-26-,30-27-,42-20-,68-64+. The number of ether oxygens (including phenoxy) is 1. The number of aliphatic hydroxyl groups excluding tert-OH is 2. The van der Waals surface area contributed by atoms with Crippen molar-refractivity contribution >= 4 is 11.9 Å². The minimum Gasteiger partial charge on any atom is -0.466 e. The molecule has 0 radical (unpaired) electrons. The zero-order valence-electron chi connectivity index (χ0n) is 55.2. The first-order valence-corrected chi connectivity index (χ1v) is 36.9. The van der Waals surface area contributed by atoms with Crippen LogP contribution in [0.3, 0.4) is 0 Å². The highest BCUT2D eigenvalue weighted by Gasteiger charge is 2.18. The lowest BCUT2D eigenvalue weighted by Gasteiger charge is -2.20. The van der Waals surface area contributed by atoms with Crippen LogP contribution in [0.4, 0.5) is 0 Å². The van der Waals surface area contributed by atoms with Crippen molar-refractivity contribution in [3.05, 3.63) is 48.6 Å².